The summed E-state index contributed by atoms with van der Waals surface area (Å²) in [6.07, 6.45) is 1.30. The fourth-order valence-corrected chi connectivity index (χ4v) is 4.90. The van der Waals surface area contributed by atoms with Gasteiger partial charge in [-0.25, -0.2) is 4.79 Å². The third-order valence-electron chi connectivity index (χ3n) is 5.37. The van der Waals surface area contributed by atoms with Crippen molar-refractivity contribution in [3.8, 4) is 34.3 Å². The van der Waals surface area contributed by atoms with Crippen LogP contribution in [0.3, 0.4) is 0 Å². The predicted octanol–water partition coefficient (Wildman–Crippen LogP) is 7.71. The molecular weight excluding hydrogens is 547 g/mol. The van der Waals surface area contributed by atoms with Crippen LogP contribution in [-0.4, -0.2) is 25.6 Å². The van der Waals surface area contributed by atoms with E-state index in [1.54, 1.807) is 74.0 Å². The van der Waals surface area contributed by atoms with Gasteiger partial charge in [-0.1, -0.05) is 35.3 Å². The van der Waals surface area contributed by atoms with Crippen LogP contribution >= 0.6 is 34.5 Å². The van der Waals surface area contributed by atoms with Crippen molar-refractivity contribution < 1.29 is 23.5 Å². The first-order valence-electron chi connectivity index (χ1n) is 11.3. The van der Waals surface area contributed by atoms with Gasteiger partial charge in [0.25, 0.3) is 5.91 Å². The molecule has 2 aromatic carbocycles. The van der Waals surface area contributed by atoms with E-state index in [2.05, 4.69) is 5.32 Å². The quantitative estimate of drug-likeness (QED) is 0.133. The second-order valence-corrected chi connectivity index (χ2v) is 9.48. The molecule has 0 aliphatic heterocycles. The first kappa shape index (κ1) is 27.0. The number of methoxy groups -OCH3 is 1. The maximum absolute atomic E-state index is 13.0. The van der Waals surface area contributed by atoms with Crippen LogP contribution in [0.15, 0.2) is 70.0 Å². The number of amides is 1. The van der Waals surface area contributed by atoms with Gasteiger partial charge in [-0.15, -0.1) is 11.3 Å². The number of furan rings is 1. The number of thiophene rings is 1. The van der Waals surface area contributed by atoms with Gasteiger partial charge in [0.05, 0.1) is 18.7 Å². The van der Waals surface area contributed by atoms with E-state index < -0.39 is 11.9 Å². The minimum Gasteiger partial charge on any atom is -0.497 e. The van der Waals surface area contributed by atoms with E-state index in [9.17, 15) is 14.9 Å². The van der Waals surface area contributed by atoms with Gasteiger partial charge in [-0.2, -0.15) is 5.26 Å². The summed E-state index contributed by atoms with van der Waals surface area (Å²) in [4.78, 5) is 25.9. The minimum absolute atomic E-state index is 0.158. The Kier molecular flexibility index (Phi) is 8.54. The first-order chi connectivity index (χ1) is 18.3. The van der Waals surface area contributed by atoms with E-state index in [1.807, 2.05) is 6.07 Å². The molecule has 0 aliphatic carbocycles. The lowest BCUT2D eigenvalue weighted by atomic mass is 10.0. The van der Waals surface area contributed by atoms with Gasteiger partial charge in [0, 0.05) is 27.6 Å². The summed E-state index contributed by atoms with van der Waals surface area (Å²) in [6, 6.07) is 17.2. The zero-order chi connectivity index (χ0) is 27.2. The van der Waals surface area contributed by atoms with Crippen LogP contribution in [0.5, 0.6) is 5.75 Å². The molecule has 1 amide bonds. The molecule has 38 heavy (non-hydrogen) atoms. The Labute approximate surface area is 232 Å². The number of nitrogens with zero attached hydrogens (tertiary/aromatic N) is 1. The monoisotopic (exact) mass is 566 g/mol. The van der Waals surface area contributed by atoms with Crippen molar-refractivity contribution >= 4 is 57.5 Å². The van der Waals surface area contributed by atoms with Gasteiger partial charge in [-0.05, 0) is 55.0 Å². The van der Waals surface area contributed by atoms with Crippen LogP contribution in [0, 0.1) is 11.3 Å². The fourth-order valence-electron chi connectivity index (χ4n) is 3.56. The van der Waals surface area contributed by atoms with Crippen molar-refractivity contribution in [1.82, 2.24) is 0 Å². The van der Waals surface area contributed by atoms with E-state index in [4.69, 9.17) is 37.1 Å². The van der Waals surface area contributed by atoms with Crippen LogP contribution in [0.25, 0.3) is 28.5 Å². The topological polar surface area (TPSA) is 102 Å². The number of ether oxygens (including phenoxy) is 2. The zero-order valence-electron chi connectivity index (χ0n) is 20.2. The number of carbonyl (C=O) groups is 2. The third kappa shape index (κ3) is 5.92. The van der Waals surface area contributed by atoms with Crippen molar-refractivity contribution in [3.63, 3.8) is 0 Å². The first-order valence-corrected chi connectivity index (χ1v) is 12.9. The Morgan fingerprint density at radius 3 is 2.55 bits per heavy atom. The van der Waals surface area contributed by atoms with Crippen LogP contribution < -0.4 is 10.1 Å². The molecule has 192 valence electrons. The summed E-state index contributed by atoms with van der Waals surface area (Å²) in [5.41, 5.74) is 1.87. The number of esters is 1. The zero-order valence-corrected chi connectivity index (χ0v) is 22.5. The summed E-state index contributed by atoms with van der Waals surface area (Å²) >= 11 is 13.5. The van der Waals surface area contributed by atoms with Crippen LogP contribution in [0.4, 0.5) is 5.00 Å². The largest absolute Gasteiger partial charge is 0.497 e. The molecule has 10 heteroatoms. The lowest BCUT2D eigenvalue weighted by molar-refractivity contribution is -0.112. The molecule has 7 nitrogen and oxygen atoms in total. The lowest BCUT2D eigenvalue weighted by Gasteiger charge is -2.09. The standard InChI is InChI=1S/C28H20Cl2N2O5S/c1-3-36-28(34)25-22(16-4-7-19(35-2)8-5-16)15-38-27(25)32-26(33)17(14-31)12-20-9-11-24(37-20)21-13-18(29)6-10-23(21)30/h4-13,15H,3H2,1-2H3,(H,32,33)/b17-12+. The van der Waals surface area contributed by atoms with Gasteiger partial charge in [0.2, 0.25) is 0 Å². The second kappa shape index (κ2) is 12.0. The molecule has 0 atom stereocenters. The van der Waals surface area contributed by atoms with Crippen molar-refractivity contribution in [1.29, 1.82) is 5.26 Å². The molecule has 0 fully saturated rings. The number of hydrogen-bond acceptors (Lipinski definition) is 7. The number of anilines is 1. The molecule has 4 rings (SSSR count). The third-order valence-corrected chi connectivity index (χ3v) is 6.83. The number of nitrogens with one attached hydrogen (secondary N) is 1. The molecule has 0 bridgehead atoms. The maximum Gasteiger partial charge on any atom is 0.341 e. The highest BCUT2D eigenvalue weighted by Gasteiger charge is 2.24. The Hall–Kier alpha value is -4.03. The lowest BCUT2D eigenvalue weighted by Crippen LogP contribution is -2.16. The molecule has 0 spiro atoms. The maximum atomic E-state index is 13.0. The molecule has 0 radical (unpaired) electrons. The average Bonchev–Trinajstić information content (AvgIpc) is 3.56. The molecule has 4 aromatic rings. The molecule has 2 aromatic heterocycles. The molecule has 2 heterocycles. The van der Waals surface area contributed by atoms with Crippen molar-refractivity contribution in [2.24, 2.45) is 0 Å². The van der Waals surface area contributed by atoms with Gasteiger partial charge in [-0.3, -0.25) is 4.79 Å². The SMILES string of the molecule is CCOC(=O)c1c(-c2ccc(OC)cc2)csc1NC(=O)/C(C#N)=C/c1ccc(-c2cc(Cl)ccc2Cl)o1. The highest BCUT2D eigenvalue weighted by Crippen LogP contribution is 2.37. The summed E-state index contributed by atoms with van der Waals surface area (Å²) in [6.45, 7) is 1.85. The summed E-state index contributed by atoms with van der Waals surface area (Å²) in [7, 11) is 1.56. The molecular formula is C28H20Cl2N2O5S. The highest BCUT2D eigenvalue weighted by atomic mass is 35.5. The number of carbonyl (C=O) groups excluding carboxylic acids is 2. The molecule has 0 unspecified atom stereocenters. The number of halogens is 2. The number of hydrogen-bond donors (Lipinski definition) is 1. The Bertz CT molecular complexity index is 1560. The van der Waals surface area contributed by atoms with Gasteiger partial charge >= 0.3 is 5.97 Å². The number of rotatable bonds is 8. The van der Waals surface area contributed by atoms with Crippen LogP contribution in [0.2, 0.25) is 10.0 Å². The van der Waals surface area contributed by atoms with Gasteiger partial charge < -0.3 is 19.2 Å². The van der Waals surface area contributed by atoms with Crippen LogP contribution in [-0.2, 0) is 9.53 Å². The Balaban J connectivity index is 1.62. The predicted molar refractivity (Wildman–Crippen MR) is 149 cm³/mol. The summed E-state index contributed by atoms with van der Waals surface area (Å²) in [5.74, 6) is 0.0518. The normalized spacial score (nSPS) is 11.1. The average molecular weight is 567 g/mol. The fraction of sp³-hybridized carbons (Fsp3) is 0.107. The molecule has 0 saturated heterocycles. The number of benzene rings is 2. The van der Waals surface area contributed by atoms with E-state index in [-0.39, 0.29) is 28.5 Å². The molecule has 1 N–H and O–H groups in total. The second-order valence-electron chi connectivity index (χ2n) is 7.75. The summed E-state index contributed by atoms with van der Waals surface area (Å²) < 4.78 is 16.2. The minimum atomic E-state index is -0.708. The Morgan fingerprint density at radius 1 is 1.11 bits per heavy atom. The van der Waals surface area contributed by atoms with Crippen molar-refractivity contribution in [3.05, 3.63) is 86.9 Å². The van der Waals surface area contributed by atoms with E-state index in [1.165, 1.54) is 6.08 Å². The molecule has 0 aliphatic rings. The van der Waals surface area contributed by atoms with E-state index in [0.717, 1.165) is 16.9 Å². The van der Waals surface area contributed by atoms with E-state index >= 15 is 0 Å². The van der Waals surface area contributed by atoms with Crippen molar-refractivity contribution in [2.45, 2.75) is 6.92 Å². The van der Waals surface area contributed by atoms with E-state index in [0.29, 0.717) is 32.7 Å². The Morgan fingerprint density at radius 2 is 1.87 bits per heavy atom. The van der Waals surface area contributed by atoms with Gasteiger partial charge in [0.15, 0.2) is 0 Å². The van der Waals surface area contributed by atoms with Crippen molar-refractivity contribution in [2.75, 3.05) is 19.0 Å². The molecule has 0 saturated carbocycles. The summed E-state index contributed by atoms with van der Waals surface area (Å²) in [5, 5.41) is 15.3. The highest BCUT2D eigenvalue weighted by molar-refractivity contribution is 7.15. The smallest absolute Gasteiger partial charge is 0.341 e. The number of nitriles is 1. The van der Waals surface area contributed by atoms with Gasteiger partial charge in [0.1, 0.15) is 39.5 Å². The van der Waals surface area contributed by atoms with Crippen LogP contribution in [0.1, 0.15) is 23.0 Å².